The summed E-state index contributed by atoms with van der Waals surface area (Å²) in [4.78, 5) is 0. The molecule has 1 atom stereocenters. The Kier molecular flexibility index (Phi) is 7.14. The van der Waals surface area contributed by atoms with Crippen LogP contribution < -0.4 is 5.32 Å². The Morgan fingerprint density at radius 1 is 1.39 bits per heavy atom. The number of hydrogen-bond acceptors (Lipinski definition) is 4. The maximum absolute atomic E-state index is 11.4. The lowest BCUT2D eigenvalue weighted by atomic mass is 10.1. The Bertz CT molecular complexity index is 313. The third-order valence-corrected chi connectivity index (χ3v) is 4.61. The highest BCUT2D eigenvalue weighted by Crippen LogP contribution is 2.11. The molecular weight excluding hydrogens is 252 g/mol. The van der Waals surface area contributed by atoms with Crippen molar-refractivity contribution in [2.75, 3.05) is 39.0 Å². The molecule has 1 aliphatic heterocycles. The fraction of sp³-hybridized carbons (Fsp3) is 1.00. The van der Waals surface area contributed by atoms with Gasteiger partial charge in [0.1, 0.15) is 0 Å². The average molecular weight is 278 g/mol. The van der Waals surface area contributed by atoms with Gasteiger partial charge in [-0.1, -0.05) is 6.92 Å². The van der Waals surface area contributed by atoms with Crippen molar-refractivity contribution in [3.63, 3.8) is 0 Å². The van der Waals surface area contributed by atoms with Gasteiger partial charge in [0.2, 0.25) is 10.0 Å². The van der Waals surface area contributed by atoms with Crippen molar-refractivity contribution in [1.29, 1.82) is 0 Å². The van der Waals surface area contributed by atoms with E-state index in [0.717, 1.165) is 32.5 Å². The zero-order chi connectivity index (χ0) is 13.4. The van der Waals surface area contributed by atoms with E-state index in [-0.39, 0.29) is 0 Å². The van der Waals surface area contributed by atoms with Crippen molar-refractivity contribution >= 4 is 10.0 Å². The second kappa shape index (κ2) is 8.09. The number of rotatable bonds is 8. The van der Waals surface area contributed by atoms with Gasteiger partial charge in [-0.05, 0) is 32.2 Å². The van der Waals surface area contributed by atoms with E-state index in [0.29, 0.717) is 19.2 Å². The molecular formula is C12H26N2O3S. The Balaban J connectivity index is 2.07. The van der Waals surface area contributed by atoms with Gasteiger partial charge in [0.15, 0.2) is 0 Å². The summed E-state index contributed by atoms with van der Waals surface area (Å²) in [5.74, 6) is 0. The summed E-state index contributed by atoms with van der Waals surface area (Å²) in [6, 6.07) is 0. The minimum absolute atomic E-state index is 0.343. The molecule has 0 bridgehead atoms. The Morgan fingerprint density at radius 2 is 2.17 bits per heavy atom. The van der Waals surface area contributed by atoms with Crippen LogP contribution in [0.4, 0.5) is 0 Å². The van der Waals surface area contributed by atoms with Crippen LogP contribution >= 0.6 is 0 Å². The molecule has 0 amide bonds. The molecule has 0 aromatic rings. The van der Waals surface area contributed by atoms with E-state index in [9.17, 15) is 8.42 Å². The van der Waals surface area contributed by atoms with Crippen molar-refractivity contribution in [1.82, 2.24) is 9.62 Å². The van der Waals surface area contributed by atoms with Crippen LogP contribution in [0.1, 0.15) is 32.6 Å². The van der Waals surface area contributed by atoms with Gasteiger partial charge in [0.05, 0.1) is 12.4 Å². The van der Waals surface area contributed by atoms with E-state index in [2.05, 4.69) is 5.32 Å². The van der Waals surface area contributed by atoms with Gasteiger partial charge in [-0.15, -0.1) is 0 Å². The fourth-order valence-electron chi connectivity index (χ4n) is 2.17. The van der Waals surface area contributed by atoms with E-state index in [4.69, 9.17) is 4.74 Å². The largest absolute Gasteiger partial charge is 0.377 e. The maximum atomic E-state index is 11.4. The number of nitrogens with zero attached hydrogens (tertiary/aromatic N) is 1. The second-order valence-corrected chi connectivity index (χ2v) is 6.78. The average Bonchev–Trinajstić information content (AvgIpc) is 2.33. The zero-order valence-corrected chi connectivity index (χ0v) is 12.3. The predicted molar refractivity (Wildman–Crippen MR) is 73.2 cm³/mol. The predicted octanol–water partition coefficient (Wildman–Crippen LogP) is 0.817. The van der Waals surface area contributed by atoms with Crippen molar-refractivity contribution in [2.24, 2.45) is 0 Å². The third kappa shape index (κ3) is 6.13. The van der Waals surface area contributed by atoms with Crippen LogP contribution in [0.2, 0.25) is 0 Å². The van der Waals surface area contributed by atoms with E-state index in [1.165, 1.54) is 23.4 Å². The van der Waals surface area contributed by atoms with Crippen molar-refractivity contribution in [3.05, 3.63) is 0 Å². The molecule has 6 heteroatoms. The summed E-state index contributed by atoms with van der Waals surface area (Å²) < 4.78 is 29.8. The molecule has 0 aromatic heterocycles. The monoisotopic (exact) mass is 278 g/mol. The standard InChI is InChI=1S/C12H26N2O3S/c1-3-14(18(2,15)16)9-6-8-13-11-12-7-4-5-10-17-12/h12-13H,3-11H2,1-2H3. The molecule has 0 aliphatic carbocycles. The molecule has 1 N–H and O–H groups in total. The molecule has 0 radical (unpaired) electrons. The van der Waals surface area contributed by atoms with Gasteiger partial charge in [0.25, 0.3) is 0 Å². The minimum Gasteiger partial charge on any atom is -0.377 e. The molecule has 108 valence electrons. The molecule has 0 aromatic carbocycles. The lowest BCUT2D eigenvalue weighted by molar-refractivity contribution is 0.0170. The van der Waals surface area contributed by atoms with Crippen molar-refractivity contribution in [3.8, 4) is 0 Å². The van der Waals surface area contributed by atoms with Gasteiger partial charge in [0, 0.05) is 26.2 Å². The lowest BCUT2D eigenvalue weighted by Crippen LogP contribution is -2.35. The number of hydrogen-bond donors (Lipinski definition) is 1. The summed E-state index contributed by atoms with van der Waals surface area (Å²) >= 11 is 0. The lowest BCUT2D eigenvalue weighted by Gasteiger charge is -2.23. The number of sulfonamides is 1. The smallest absolute Gasteiger partial charge is 0.211 e. The molecule has 1 heterocycles. The van der Waals surface area contributed by atoms with Crippen LogP contribution in [0.25, 0.3) is 0 Å². The summed E-state index contributed by atoms with van der Waals surface area (Å²) in [6.07, 6.45) is 6.02. The molecule has 5 nitrogen and oxygen atoms in total. The highest BCUT2D eigenvalue weighted by molar-refractivity contribution is 7.88. The molecule has 0 spiro atoms. The van der Waals surface area contributed by atoms with Gasteiger partial charge >= 0.3 is 0 Å². The first-order valence-corrected chi connectivity index (χ1v) is 8.66. The zero-order valence-electron chi connectivity index (χ0n) is 11.5. The van der Waals surface area contributed by atoms with Gasteiger partial charge in [-0.25, -0.2) is 12.7 Å². The van der Waals surface area contributed by atoms with E-state index in [1.54, 1.807) is 0 Å². The van der Waals surface area contributed by atoms with Crippen molar-refractivity contribution < 1.29 is 13.2 Å². The molecule has 0 saturated carbocycles. The Labute approximate surface area is 111 Å². The molecule has 1 rings (SSSR count). The molecule has 1 fully saturated rings. The van der Waals surface area contributed by atoms with Gasteiger partial charge in [-0.2, -0.15) is 0 Å². The molecule has 1 unspecified atom stereocenters. The first-order valence-electron chi connectivity index (χ1n) is 6.81. The van der Waals surface area contributed by atoms with Gasteiger partial charge in [-0.3, -0.25) is 0 Å². The van der Waals surface area contributed by atoms with Gasteiger partial charge < -0.3 is 10.1 Å². The summed E-state index contributed by atoms with van der Waals surface area (Å²) in [6.45, 7) is 5.60. The Morgan fingerprint density at radius 3 is 2.72 bits per heavy atom. The fourth-order valence-corrected chi connectivity index (χ4v) is 3.10. The summed E-state index contributed by atoms with van der Waals surface area (Å²) in [7, 11) is -3.04. The van der Waals surface area contributed by atoms with E-state index in [1.807, 2.05) is 6.92 Å². The highest BCUT2D eigenvalue weighted by Gasteiger charge is 2.14. The van der Waals surface area contributed by atoms with Crippen LogP contribution in [-0.4, -0.2) is 57.9 Å². The molecule has 18 heavy (non-hydrogen) atoms. The normalized spacial score (nSPS) is 21.4. The van der Waals surface area contributed by atoms with E-state index < -0.39 is 10.0 Å². The number of ether oxygens (including phenoxy) is 1. The second-order valence-electron chi connectivity index (χ2n) is 4.80. The molecule has 1 aliphatic rings. The van der Waals surface area contributed by atoms with Crippen LogP contribution in [0, 0.1) is 0 Å². The topological polar surface area (TPSA) is 58.6 Å². The molecule has 1 saturated heterocycles. The minimum atomic E-state index is -3.04. The first kappa shape index (κ1) is 15.9. The first-order chi connectivity index (χ1) is 8.54. The quantitative estimate of drug-likeness (QED) is 0.668. The van der Waals surface area contributed by atoms with E-state index >= 15 is 0 Å². The van der Waals surface area contributed by atoms with Crippen LogP contribution in [0.15, 0.2) is 0 Å². The summed E-state index contributed by atoms with van der Waals surface area (Å²) in [5, 5.41) is 3.34. The van der Waals surface area contributed by atoms with Crippen molar-refractivity contribution in [2.45, 2.75) is 38.7 Å². The SMILES string of the molecule is CCN(CCCNCC1CCCCO1)S(C)(=O)=O. The number of nitrogens with one attached hydrogen (secondary N) is 1. The van der Waals surface area contributed by atoms with Crippen LogP contribution in [-0.2, 0) is 14.8 Å². The summed E-state index contributed by atoms with van der Waals surface area (Å²) in [5.41, 5.74) is 0. The van der Waals surface area contributed by atoms with Crippen LogP contribution in [0.5, 0.6) is 0 Å². The maximum Gasteiger partial charge on any atom is 0.211 e. The Hall–Kier alpha value is -0.170. The third-order valence-electron chi connectivity index (χ3n) is 3.23. The highest BCUT2D eigenvalue weighted by atomic mass is 32.2. The van der Waals surface area contributed by atoms with Crippen LogP contribution in [0.3, 0.4) is 0 Å².